The molecule has 1 heterocycles. The number of nitrogens with zero attached hydrogens (tertiary/aromatic N) is 3. The summed E-state index contributed by atoms with van der Waals surface area (Å²) in [7, 11) is 0. The first kappa shape index (κ1) is 29.3. The predicted molar refractivity (Wildman–Crippen MR) is 153 cm³/mol. The van der Waals surface area contributed by atoms with E-state index in [9.17, 15) is 17.6 Å². The van der Waals surface area contributed by atoms with Crippen molar-refractivity contribution in [2.45, 2.75) is 20.0 Å². The SMILES string of the molecule is CCN(CC)CCOc1cc(Nc2ncc(Br)c(Nc3ccc(F)cc3)n2)ccc1-c1ccc(C(F)(F)F)cc1. The van der Waals surface area contributed by atoms with Crippen molar-refractivity contribution in [1.82, 2.24) is 14.9 Å². The highest BCUT2D eigenvalue weighted by molar-refractivity contribution is 9.10. The summed E-state index contributed by atoms with van der Waals surface area (Å²) in [6.45, 7) is 6.99. The van der Waals surface area contributed by atoms with Gasteiger partial charge < -0.3 is 20.3 Å². The summed E-state index contributed by atoms with van der Waals surface area (Å²) in [6.07, 6.45) is -2.83. The molecule has 0 atom stereocenters. The Morgan fingerprint density at radius 2 is 1.57 bits per heavy atom. The van der Waals surface area contributed by atoms with Crippen LogP contribution in [0.5, 0.6) is 5.75 Å². The molecule has 40 heavy (non-hydrogen) atoms. The number of ether oxygens (including phenoxy) is 1. The van der Waals surface area contributed by atoms with Crippen LogP contribution < -0.4 is 15.4 Å². The Balaban J connectivity index is 1.59. The van der Waals surface area contributed by atoms with E-state index >= 15 is 0 Å². The van der Waals surface area contributed by atoms with Crippen LogP contribution in [-0.4, -0.2) is 41.1 Å². The molecule has 0 aliphatic carbocycles. The number of anilines is 4. The number of hydrogen-bond donors (Lipinski definition) is 2. The molecule has 11 heteroatoms. The molecule has 0 fully saturated rings. The molecule has 0 saturated heterocycles. The Morgan fingerprint density at radius 1 is 0.900 bits per heavy atom. The van der Waals surface area contributed by atoms with Crippen LogP contribution >= 0.6 is 15.9 Å². The van der Waals surface area contributed by atoms with Crippen molar-refractivity contribution in [3.05, 3.63) is 88.8 Å². The van der Waals surface area contributed by atoms with Crippen LogP contribution in [0, 0.1) is 5.82 Å². The molecule has 0 unspecified atom stereocenters. The summed E-state index contributed by atoms with van der Waals surface area (Å²) in [4.78, 5) is 11.0. The van der Waals surface area contributed by atoms with Gasteiger partial charge in [-0.3, -0.25) is 0 Å². The van der Waals surface area contributed by atoms with Crippen molar-refractivity contribution < 1.29 is 22.3 Å². The minimum atomic E-state index is -4.41. The van der Waals surface area contributed by atoms with E-state index in [0.29, 0.717) is 57.6 Å². The monoisotopic (exact) mass is 617 g/mol. The normalized spacial score (nSPS) is 11.5. The number of hydrogen-bond acceptors (Lipinski definition) is 6. The zero-order valence-corrected chi connectivity index (χ0v) is 23.5. The molecule has 0 aliphatic rings. The average Bonchev–Trinajstić information content (AvgIpc) is 2.94. The lowest BCUT2D eigenvalue weighted by molar-refractivity contribution is -0.137. The van der Waals surface area contributed by atoms with Crippen LogP contribution in [-0.2, 0) is 6.18 Å². The molecule has 6 nitrogen and oxygen atoms in total. The van der Waals surface area contributed by atoms with Crippen LogP contribution in [0.4, 0.5) is 40.7 Å². The van der Waals surface area contributed by atoms with Crippen LogP contribution in [0.25, 0.3) is 11.1 Å². The van der Waals surface area contributed by atoms with Gasteiger partial charge in [0.2, 0.25) is 5.95 Å². The lowest BCUT2D eigenvalue weighted by Gasteiger charge is -2.20. The lowest BCUT2D eigenvalue weighted by atomic mass is 10.0. The van der Waals surface area contributed by atoms with Gasteiger partial charge in [-0.05, 0) is 83.1 Å². The molecule has 0 radical (unpaired) electrons. The molecule has 4 aromatic rings. The van der Waals surface area contributed by atoms with Crippen molar-refractivity contribution in [2.24, 2.45) is 0 Å². The fourth-order valence-corrected chi connectivity index (χ4v) is 4.23. The Labute approximate surface area is 238 Å². The molecule has 2 N–H and O–H groups in total. The second kappa shape index (κ2) is 13.1. The number of alkyl halides is 3. The maximum atomic E-state index is 13.3. The van der Waals surface area contributed by atoms with Crippen LogP contribution in [0.15, 0.2) is 77.4 Å². The highest BCUT2D eigenvalue weighted by Crippen LogP contribution is 2.36. The second-order valence-corrected chi connectivity index (χ2v) is 9.66. The van der Waals surface area contributed by atoms with E-state index in [4.69, 9.17) is 4.74 Å². The molecule has 0 spiro atoms. The topological polar surface area (TPSA) is 62.3 Å². The highest BCUT2D eigenvalue weighted by Gasteiger charge is 2.30. The van der Waals surface area contributed by atoms with Gasteiger partial charge in [0, 0.05) is 35.7 Å². The zero-order valence-electron chi connectivity index (χ0n) is 21.9. The fourth-order valence-electron chi connectivity index (χ4n) is 3.94. The van der Waals surface area contributed by atoms with Gasteiger partial charge >= 0.3 is 6.18 Å². The van der Waals surface area contributed by atoms with Gasteiger partial charge in [-0.1, -0.05) is 26.0 Å². The van der Waals surface area contributed by atoms with Crippen molar-refractivity contribution in [2.75, 3.05) is 36.9 Å². The third kappa shape index (κ3) is 7.70. The molecule has 0 bridgehead atoms. The first-order valence-corrected chi connectivity index (χ1v) is 13.4. The Morgan fingerprint density at radius 3 is 2.23 bits per heavy atom. The van der Waals surface area contributed by atoms with Gasteiger partial charge in [-0.2, -0.15) is 18.2 Å². The van der Waals surface area contributed by atoms with Crippen molar-refractivity contribution in [3.8, 4) is 16.9 Å². The van der Waals surface area contributed by atoms with Gasteiger partial charge in [0.25, 0.3) is 0 Å². The highest BCUT2D eigenvalue weighted by atomic mass is 79.9. The third-order valence-corrected chi connectivity index (χ3v) is 6.75. The third-order valence-electron chi connectivity index (χ3n) is 6.17. The van der Waals surface area contributed by atoms with E-state index < -0.39 is 11.7 Å². The van der Waals surface area contributed by atoms with Crippen molar-refractivity contribution in [3.63, 3.8) is 0 Å². The summed E-state index contributed by atoms with van der Waals surface area (Å²) in [5.74, 6) is 0.938. The van der Waals surface area contributed by atoms with E-state index in [2.05, 4.69) is 55.3 Å². The summed E-state index contributed by atoms with van der Waals surface area (Å²) in [5, 5.41) is 6.27. The van der Waals surface area contributed by atoms with E-state index in [1.165, 1.54) is 24.3 Å². The van der Waals surface area contributed by atoms with E-state index in [1.54, 1.807) is 36.5 Å². The lowest BCUT2D eigenvalue weighted by Crippen LogP contribution is -2.28. The number of aromatic nitrogens is 2. The number of halogens is 5. The molecule has 210 valence electrons. The summed E-state index contributed by atoms with van der Waals surface area (Å²) >= 11 is 3.42. The Kier molecular flexibility index (Phi) is 9.59. The largest absolute Gasteiger partial charge is 0.492 e. The van der Waals surface area contributed by atoms with Crippen LogP contribution in [0.2, 0.25) is 0 Å². The summed E-state index contributed by atoms with van der Waals surface area (Å²) in [5.41, 5.74) is 1.83. The van der Waals surface area contributed by atoms with Gasteiger partial charge in [0.05, 0.1) is 10.0 Å². The number of nitrogens with one attached hydrogen (secondary N) is 2. The fraction of sp³-hybridized carbons (Fsp3) is 0.241. The molecule has 3 aromatic carbocycles. The minimum absolute atomic E-state index is 0.296. The van der Waals surface area contributed by atoms with E-state index in [-0.39, 0.29) is 5.82 Å². The molecular weight excluding hydrogens is 590 g/mol. The number of rotatable bonds is 11. The molecule has 1 aromatic heterocycles. The molecule has 0 saturated carbocycles. The smallest absolute Gasteiger partial charge is 0.416 e. The van der Waals surface area contributed by atoms with Crippen molar-refractivity contribution >= 4 is 39.1 Å². The quantitative estimate of drug-likeness (QED) is 0.165. The maximum absolute atomic E-state index is 13.3. The van der Waals surface area contributed by atoms with Gasteiger partial charge in [-0.25, -0.2) is 9.37 Å². The van der Waals surface area contributed by atoms with Crippen LogP contribution in [0.3, 0.4) is 0 Å². The molecule has 0 aliphatic heterocycles. The van der Waals surface area contributed by atoms with Gasteiger partial charge in [0.15, 0.2) is 0 Å². The minimum Gasteiger partial charge on any atom is -0.492 e. The number of likely N-dealkylation sites (N-methyl/N-ethyl adjacent to an activating group) is 1. The molecular formula is C29H28BrF4N5O. The molecule has 0 amide bonds. The first-order valence-electron chi connectivity index (χ1n) is 12.6. The zero-order chi connectivity index (χ0) is 28.7. The van der Waals surface area contributed by atoms with Crippen molar-refractivity contribution in [1.29, 1.82) is 0 Å². The summed E-state index contributed by atoms with van der Waals surface area (Å²) in [6, 6.07) is 16.2. The van der Waals surface area contributed by atoms with Gasteiger partial charge in [0.1, 0.15) is 24.0 Å². The second-order valence-electron chi connectivity index (χ2n) is 8.81. The Bertz CT molecular complexity index is 1410. The van der Waals surface area contributed by atoms with E-state index in [1.807, 2.05) is 0 Å². The predicted octanol–water partition coefficient (Wildman–Crippen LogP) is 8.27. The first-order chi connectivity index (χ1) is 19.2. The standard InChI is InChI=1S/C29H28BrF4N5O/c1-3-39(4-2)15-16-40-26-17-23(13-14-24(26)19-5-7-20(8-6-19)29(32,33)34)37-28-35-18-25(30)27(38-28)36-22-11-9-21(31)10-12-22/h5-14,17-18H,3-4,15-16H2,1-2H3,(H2,35,36,37,38). The van der Waals surface area contributed by atoms with E-state index in [0.717, 1.165) is 25.2 Å². The molecule has 4 rings (SSSR count). The average molecular weight is 618 g/mol. The number of benzene rings is 3. The van der Waals surface area contributed by atoms with Gasteiger partial charge in [-0.15, -0.1) is 0 Å². The maximum Gasteiger partial charge on any atom is 0.416 e. The van der Waals surface area contributed by atoms with Crippen LogP contribution in [0.1, 0.15) is 19.4 Å². The summed E-state index contributed by atoms with van der Waals surface area (Å²) < 4.78 is 59.3. The Hall–Kier alpha value is -3.70.